The van der Waals surface area contributed by atoms with Gasteiger partial charge in [0, 0.05) is 12.1 Å². The predicted molar refractivity (Wildman–Crippen MR) is 110 cm³/mol. The van der Waals surface area contributed by atoms with Crippen molar-refractivity contribution in [1.82, 2.24) is 5.16 Å². The minimum absolute atomic E-state index is 0.756. The van der Waals surface area contributed by atoms with E-state index in [2.05, 4.69) is 22.8 Å². The number of nitrogens with two attached hydrogens (primary N) is 1. The SMILES string of the molecule is CC.CC.CSCCCNc1ccc(-c2c(C)noc2C)cc1N. The van der Waals surface area contributed by atoms with Crippen LogP contribution in [0.3, 0.4) is 0 Å². The molecule has 4 nitrogen and oxygen atoms in total. The van der Waals surface area contributed by atoms with Gasteiger partial charge in [0.2, 0.25) is 0 Å². The summed E-state index contributed by atoms with van der Waals surface area (Å²) < 4.78 is 5.20. The van der Waals surface area contributed by atoms with Gasteiger partial charge < -0.3 is 15.6 Å². The molecule has 2 aromatic rings. The van der Waals surface area contributed by atoms with E-state index < -0.39 is 0 Å². The van der Waals surface area contributed by atoms with Gasteiger partial charge in [-0.25, -0.2) is 0 Å². The molecule has 0 fully saturated rings. The number of hydrogen-bond acceptors (Lipinski definition) is 5. The number of aromatic nitrogens is 1. The Morgan fingerprint density at radius 3 is 2.33 bits per heavy atom. The number of nitrogen functional groups attached to an aromatic ring is 1. The molecule has 0 saturated carbocycles. The Labute approximate surface area is 151 Å². The second kappa shape index (κ2) is 12.8. The first-order valence-corrected chi connectivity index (χ1v) is 10.1. The second-order valence-corrected chi connectivity index (χ2v) is 5.76. The fourth-order valence-corrected chi connectivity index (χ4v) is 2.65. The molecule has 0 radical (unpaired) electrons. The van der Waals surface area contributed by atoms with E-state index >= 15 is 0 Å². The molecule has 0 unspecified atom stereocenters. The van der Waals surface area contributed by atoms with Crippen LogP contribution in [-0.4, -0.2) is 23.7 Å². The van der Waals surface area contributed by atoms with E-state index in [-0.39, 0.29) is 0 Å². The van der Waals surface area contributed by atoms with Crippen molar-refractivity contribution >= 4 is 23.1 Å². The minimum atomic E-state index is 0.756. The molecule has 136 valence electrons. The van der Waals surface area contributed by atoms with Crippen LogP contribution in [0.25, 0.3) is 11.1 Å². The first-order valence-electron chi connectivity index (χ1n) is 8.69. The summed E-state index contributed by atoms with van der Waals surface area (Å²) >= 11 is 1.86. The quantitative estimate of drug-likeness (QED) is 0.512. The van der Waals surface area contributed by atoms with Crippen LogP contribution in [-0.2, 0) is 0 Å². The number of nitrogens with zero attached hydrogens (tertiary/aromatic N) is 1. The summed E-state index contributed by atoms with van der Waals surface area (Å²) in [7, 11) is 0. The van der Waals surface area contributed by atoms with Crippen molar-refractivity contribution in [3.05, 3.63) is 29.7 Å². The van der Waals surface area contributed by atoms with Crippen molar-refractivity contribution < 1.29 is 4.52 Å². The molecule has 0 bridgehead atoms. The van der Waals surface area contributed by atoms with Gasteiger partial charge in [-0.05, 0) is 50.0 Å². The highest BCUT2D eigenvalue weighted by atomic mass is 32.2. The van der Waals surface area contributed by atoms with Gasteiger partial charge in [-0.1, -0.05) is 38.9 Å². The third-order valence-electron chi connectivity index (χ3n) is 3.21. The number of aryl methyl sites for hydroxylation is 2. The third kappa shape index (κ3) is 6.48. The van der Waals surface area contributed by atoms with E-state index in [0.717, 1.165) is 52.7 Å². The molecule has 1 aromatic heterocycles. The number of hydrogen-bond donors (Lipinski definition) is 2. The summed E-state index contributed by atoms with van der Waals surface area (Å²) in [6, 6.07) is 6.05. The Bertz CT molecular complexity index is 562. The topological polar surface area (TPSA) is 64.1 Å². The Balaban J connectivity index is 0.00000123. The predicted octanol–water partition coefficient (Wildman–Crippen LogP) is 5.76. The summed E-state index contributed by atoms with van der Waals surface area (Å²) in [5, 5.41) is 7.35. The fourth-order valence-electron chi connectivity index (χ4n) is 2.21. The zero-order valence-corrected chi connectivity index (χ0v) is 17.0. The third-order valence-corrected chi connectivity index (χ3v) is 3.91. The number of thioether (sulfide) groups is 1. The summed E-state index contributed by atoms with van der Waals surface area (Å²) in [6.45, 7) is 12.8. The average Bonchev–Trinajstić information content (AvgIpc) is 2.95. The molecule has 0 aliphatic carbocycles. The Kier molecular flexibility index (Phi) is 11.9. The molecule has 0 atom stereocenters. The Morgan fingerprint density at radius 2 is 1.83 bits per heavy atom. The maximum Gasteiger partial charge on any atom is 0.141 e. The van der Waals surface area contributed by atoms with Crippen LogP contribution < -0.4 is 11.1 Å². The van der Waals surface area contributed by atoms with Crippen molar-refractivity contribution in [2.45, 2.75) is 48.0 Å². The van der Waals surface area contributed by atoms with Gasteiger partial charge in [-0.2, -0.15) is 11.8 Å². The second-order valence-electron chi connectivity index (χ2n) is 4.77. The van der Waals surface area contributed by atoms with Crippen molar-refractivity contribution in [3.63, 3.8) is 0 Å². The van der Waals surface area contributed by atoms with Gasteiger partial charge in [-0.3, -0.25) is 0 Å². The Hall–Kier alpha value is -1.62. The van der Waals surface area contributed by atoms with E-state index in [0.29, 0.717) is 0 Å². The van der Waals surface area contributed by atoms with Crippen molar-refractivity contribution in [2.24, 2.45) is 0 Å². The molecule has 2 rings (SSSR count). The first kappa shape index (κ1) is 22.4. The van der Waals surface area contributed by atoms with Gasteiger partial charge in [-0.15, -0.1) is 0 Å². The highest BCUT2D eigenvalue weighted by molar-refractivity contribution is 7.98. The highest BCUT2D eigenvalue weighted by Crippen LogP contribution is 2.31. The van der Waals surface area contributed by atoms with E-state index in [1.807, 2.05) is 65.4 Å². The zero-order chi connectivity index (χ0) is 18.5. The largest absolute Gasteiger partial charge is 0.397 e. The number of benzene rings is 1. The van der Waals surface area contributed by atoms with Crippen LogP contribution in [0.5, 0.6) is 0 Å². The molecule has 1 aromatic carbocycles. The molecule has 24 heavy (non-hydrogen) atoms. The van der Waals surface area contributed by atoms with E-state index in [1.54, 1.807) is 0 Å². The number of rotatable bonds is 6. The normalized spacial score (nSPS) is 9.46. The molecule has 0 saturated heterocycles. The number of anilines is 2. The monoisotopic (exact) mass is 351 g/mol. The molecular weight excluding hydrogens is 318 g/mol. The zero-order valence-electron chi connectivity index (χ0n) is 16.2. The van der Waals surface area contributed by atoms with Crippen LogP contribution in [0.4, 0.5) is 11.4 Å². The number of nitrogens with one attached hydrogen (secondary N) is 1. The minimum Gasteiger partial charge on any atom is -0.397 e. The smallest absolute Gasteiger partial charge is 0.141 e. The van der Waals surface area contributed by atoms with Crippen LogP contribution in [0.2, 0.25) is 0 Å². The highest BCUT2D eigenvalue weighted by Gasteiger charge is 2.12. The summed E-state index contributed by atoms with van der Waals surface area (Å²) in [4.78, 5) is 0. The lowest BCUT2D eigenvalue weighted by Crippen LogP contribution is -2.05. The summed E-state index contributed by atoms with van der Waals surface area (Å²) in [6.07, 6.45) is 3.25. The van der Waals surface area contributed by atoms with Gasteiger partial charge >= 0.3 is 0 Å². The molecule has 0 aliphatic heterocycles. The maximum absolute atomic E-state index is 6.12. The van der Waals surface area contributed by atoms with Gasteiger partial charge in [0.05, 0.1) is 17.1 Å². The lowest BCUT2D eigenvalue weighted by Gasteiger charge is -2.10. The Morgan fingerprint density at radius 1 is 1.17 bits per heavy atom. The van der Waals surface area contributed by atoms with Crippen LogP contribution in [0.1, 0.15) is 45.6 Å². The molecule has 1 heterocycles. The van der Waals surface area contributed by atoms with Crippen LogP contribution in [0, 0.1) is 13.8 Å². The van der Waals surface area contributed by atoms with E-state index in [4.69, 9.17) is 10.3 Å². The average molecular weight is 352 g/mol. The maximum atomic E-state index is 6.12. The van der Waals surface area contributed by atoms with E-state index in [1.165, 1.54) is 0 Å². The molecule has 5 heteroatoms. The van der Waals surface area contributed by atoms with Gasteiger partial charge in [0.15, 0.2) is 0 Å². The first-order chi connectivity index (χ1) is 11.6. The van der Waals surface area contributed by atoms with Gasteiger partial charge in [0.25, 0.3) is 0 Å². The van der Waals surface area contributed by atoms with Crippen LogP contribution in [0.15, 0.2) is 22.7 Å². The molecule has 0 amide bonds. The molecular formula is C19H33N3OS. The van der Waals surface area contributed by atoms with Crippen LogP contribution >= 0.6 is 11.8 Å². The van der Waals surface area contributed by atoms with Crippen molar-refractivity contribution in [3.8, 4) is 11.1 Å². The molecule has 0 aliphatic rings. The lowest BCUT2D eigenvalue weighted by molar-refractivity contribution is 0.393. The van der Waals surface area contributed by atoms with E-state index in [9.17, 15) is 0 Å². The molecule has 3 N–H and O–H groups in total. The summed E-state index contributed by atoms with van der Waals surface area (Å²) in [5.74, 6) is 1.98. The van der Waals surface area contributed by atoms with Crippen molar-refractivity contribution in [2.75, 3.05) is 29.6 Å². The van der Waals surface area contributed by atoms with Gasteiger partial charge in [0.1, 0.15) is 5.76 Å². The summed E-state index contributed by atoms with van der Waals surface area (Å²) in [5.41, 5.74) is 10.8. The standard InChI is InChI=1S/C15H21N3OS.2C2H6/c1-10-15(11(2)19-18-10)12-5-6-14(13(16)9-12)17-7-4-8-20-3;2*1-2/h5-6,9,17H,4,7-8,16H2,1-3H3;2*1-2H3. The fraction of sp³-hybridized carbons (Fsp3) is 0.526. The lowest BCUT2D eigenvalue weighted by atomic mass is 10.0. The molecule has 0 spiro atoms. The van der Waals surface area contributed by atoms with Crippen molar-refractivity contribution in [1.29, 1.82) is 0 Å².